The number of aromatic amines is 1. The number of nitrogens with one attached hydrogen (secondary N) is 2. The third-order valence-corrected chi connectivity index (χ3v) is 2.83. The summed E-state index contributed by atoms with van der Waals surface area (Å²) in [5, 5.41) is 2.60. The van der Waals surface area contributed by atoms with Crippen LogP contribution in [0.1, 0.15) is 16.8 Å². The third-order valence-electron chi connectivity index (χ3n) is 1.96. The van der Waals surface area contributed by atoms with E-state index in [1.165, 1.54) is 18.5 Å². The van der Waals surface area contributed by atoms with E-state index in [4.69, 9.17) is 0 Å². The molecule has 5 nitrogen and oxygen atoms in total. The molecule has 1 rings (SSSR count). The van der Waals surface area contributed by atoms with Gasteiger partial charge < -0.3 is 10.3 Å². The number of rotatable bonds is 5. The summed E-state index contributed by atoms with van der Waals surface area (Å²) in [6.45, 7) is 0.423. The first-order valence-electron chi connectivity index (χ1n) is 4.86. The Hall–Kier alpha value is -1.43. The minimum absolute atomic E-state index is 0.0973. The van der Waals surface area contributed by atoms with E-state index in [9.17, 15) is 13.8 Å². The molecule has 1 amide bonds. The van der Waals surface area contributed by atoms with Gasteiger partial charge in [-0.1, -0.05) is 0 Å². The zero-order chi connectivity index (χ0) is 12.0. The molecule has 1 unspecified atom stereocenters. The van der Waals surface area contributed by atoms with E-state index in [0.717, 1.165) is 0 Å². The summed E-state index contributed by atoms with van der Waals surface area (Å²) in [7, 11) is -0.848. The number of carbonyl (C=O) groups is 1. The first-order valence-corrected chi connectivity index (χ1v) is 6.59. The highest BCUT2D eigenvalue weighted by molar-refractivity contribution is 7.84. The smallest absolute Gasteiger partial charge is 0.256 e. The van der Waals surface area contributed by atoms with Crippen molar-refractivity contribution in [2.24, 2.45) is 0 Å². The van der Waals surface area contributed by atoms with Gasteiger partial charge in [-0.3, -0.25) is 13.8 Å². The van der Waals surface area contributed by atoms with E-state index in [1.807, 2.05) is 0 Å². The largest absolute Gasteiger partial charge is 0.367 e. The molecule has 0 radical (unpaired) electrons. The van der Waals surface area contributed by atoms with Gasteiger partial charge in [-0.05, 0) is 6.42 Å². The van der Waals surface area contributed by atoms with Gasteiger partial charge in [-0.15, -0.1) is 0 Å². The lowest BCUT2D eigenvalue weighted by Gasteiger charge is -2.03. The van der Waals surface area contributed by atoms with Crippen LogP contribution >= 0.6 is 0 Å². The highest BCUT2D eigenvalue weighted by atomic mass is 32.2. The monoisotopic (exact) mass is 242 g/mol. The molecule has 0 aliphatic carbocycles. The Bertz CT molecular complexity index is 442. The molecule has 1 heterocycles. The predicted molar refractivity (Wildman–Crippen MR) is 62.9 cm³/mol. The number of H-pyrrole nitrogens is 1. The highest BCUT2D eigenvalue weighted by Crippen LogP contribution is 1.89. The van der Waals surface area contributed by atoms with E-state index >= 15 is 0 Å². The van der Waals surface area contributed by atoms with Crippen molar-refractivity contribution in [2.75, 3.05) is 18.6 Å². The number of amides is 1. The maximum Gasteiger partial charge on any atom is 0.256 e. The summed E-state index contributed by atoms with van der Waals surface area (Å²) in [6.07, 6.45) is 5.10. The van der Waals surface area contributed by atoms with Gasteiger partial charge in [0.2, 0.25) is 0 Å². The molecule has 1 atom stereocenters. The minimum Gasteiger partial charge on any atom is -0.367 e. The second kappa shape index (κ2) is 6.22. The molecule has 0 spiro atoms. The maximum absolute atomic E-state index is 11.5. The van der Waals surface area contributed by atoms with Gasteiger partial charge in [0.05, 0.1) is 0 Å². The van der Waals surface area contributed by atoms with Crippen LogP contribution in [0.2, 0.25) is 0 Å². The molecular weight excluding hydrogens is 228 g/mol. The van der Waals surface area contributed by atoms with Gasteiger partial charge in [0, 0.05) is 47.8 Å². The van der Waals surface area contributed by atoms with Crippen molar-refractivity contribution in [1.82, 2.24) is 10.3 Å². The van der Waals surface area contributed by atoms with Crippen LogP contribution in [-0.4, -0.2) is 33.7 Å². The number of hydrogen-bond acceptors (Lipinski definition) is 3. The molecule has 0 aliphatic rings. The topological polar surface area (TPSA) is 79.0 Å². The Morgan fingerprint density at radius 3 is 2.94 bits per heavy atom. The van der Waals surface area contributed by atoms with Crippen LogP contribution in [0.15, 0.2) is 23.3 Å². The normalized spacial score (nSPS) is 12.1. The summed E-state index contributed by atoms with van der Waals surface area (Å²) in [5.41, 5.74) is -0.213. The lowest BCUT2D eigenvalue weighted by molar-refractivity contribution is 0.0952. The molecule has 0 bridgehead atoms. The summed E-state index contributed by atoms with van der Waals surface area (Å²) >= 11 is 0. The molecular formula is C10H14N2O3S. The van der Waals surface area contributed by atoms with E-state index in [0.29, 0.717) is 18.7 Å². The van der Waals surface area contributed by atoms with Crippen molar-refractivity contribution >= 4 is 16.7 Å². The fourth-order valence-corrected chi connectivity index (χ4v) is 1.72. The second-order valence-electron chi connectivity index (χ2n) is 3.31. The first kappa shape index (κ1) is 12.6. The Labute approximate surface area is 95.7 Å². The summed E-state index contributed by atoms with van der Waals surface area (Å²) in [5.74, 6) is 0.148. The molecule has 6 heteroatoms. The van der Waals surface area contributed by atoms with Gasteiger partial charge in [0.25, 0.3) is 5.91 Å². The minimum atomic E-state index is -0.848. The average Bonchev–Trinajstić information content (AvgIpc) is 2.24. The molecule has 0 saturated heterocycles. The lowest BCUT2D eigenvalue weighted by Crippen LogP contribution is -2.29. The van der Waals surface area contributed by atoms with Crippen molar-refractivity contribution < 1.29 is 9.00 Å². The molecule has 16 heavy (non-hydrogen) atoms. The fourth-order valence-electron chi connectivity index (χ4n) is 1.17. The van der Waals surface area contributed by atoms with Crippen LogP contribution < -0.4 is 10.7 Å². The standard InChI is InChI=1S/C10H14N2O3S/c1-16(15)6-2-4-12-10(14)8-7-11-5-3-9(8)13/h3,5,7H,2,4,6H2,1H3,(H,11,13)(H,12,14). The first-order chi connectivity index (χ1) is 7.61. The molecule has 0 fully saturated rings. The van der Waals surface area contributed by atoms with Crippen molar-refractivity contribution in [3.63, 3.8) is 0 Å². The van der Waals surface area contributed by atoms with Gasteiger partial charge in [-0.25, -0.2) is 0 Å². The van der Waals surface area contributed by atoms with Crippen molar-refractivity contribution in [3.8, 4) is 0 Å². The SMILES string of the molecule is CS(=O)CCCNC(=O)c1c[nH]ccc1=O. The molecule has 88 valence electrons. The zero-order valence-electron chi connectivity index (χ0n) is 8.99. The number of aromatic nitrogens is 1. The van der Waals surface area contributed by atoms with Gasteiger partial charge >= 0.3 is 0 Å². The highest BCUT2D eigenvalue weighted by Gasteiger charge is 2.07. The number of hydrogen-bond donors (Lipinski definition) is 2. The Balaban J connectivity index is 2.45. The lowest BCUT2D eigenvalue weighted by atomic mass is 10.2. The summed E-state index contributed by atoms with van der Waals surface area (Å²) in [4.78, 5) is 25.5. The van der Waals surface area contributed by atoms with Gasteiger partial charge in [0.15, 0.2) is 5.43 Å². The molecule has 1 aromatic rings. The second-order valence-corrected chi connectivity index (χ2v) is 4.86. The van der Waals surface area contributed by atoms with Gasteiger partial charge in [0.1, 0.15) is 5.56 Å². The van der Waals surface area contributed by atoms with Crippen LogP contribution in [0.3, 0.4) is 0 Å². The molecule has 0 aromatic carbocycles. The van der Waals surface area contributed by atoms with Crippen molar-refractivity contribution in [1.29, 1.82) is 0 Å². The average molecular weight is 242 g/mol. The molecule has 2 N–H and O–H groups in total. The van der Waals surface area contributed by atoms with Crippen molar-refractivity contribution in [2.45, 2.75) is 6.42 Å². The van der Waals surface area contributed by atoms with Crippen molar-refractivity contribution in [3.05, 3.63) is 34.2 Å². The van der Waals surface area contributed by atoms with Crippen LogP contribution in [0.5, 0.6) is 0 Å². The Morgan fingerprint density at radius 2 is 2.31 bits per heavy atom. The van der Waals surface area contributed by atoms with E-state index < -0.39 is 16.7 Å². The Kier molecular flexibility index (Phi) is 4.91. The predicted octanol–water partition coefficient (Wildman–Crippen LogP) is -0.127. The molecule has 0 saturated carbocycles. The Morgan fingerprint density at radius 1 is 1.56 bits per heavy atom. The van der Waals surface area contributed by atoms with Gasteiger partial charge in [-0.2, -0.15) is 0 Å². The maximum atomic E-state index is 11.5. The van der Waals surface area contributed by atoms with Crippen LogP contribution in [0.25, 0.3) is 0 Å². The fraction of sp³-hybridized carbons (Fsp3) is 0.400. The van der Waals surface area contributed by atoms with E-state index in [2.05, 4.69) is 10.3 Å². The number of carbonyl (C=O) groups excluding carboxylic acids is 1. The summed E-state index contributed by atoms with van der Waals surface area (Å²) < 4.78 is 10.8. The zero-order valence-corrected chi connectivity index (χ0v) is 9.80. The van der Waals surface area contributed by atoms with Crippen LogP contribution in [0.4, 0.5) is 0 Å². The van der Waals surface area contributed by atoms with E-state index in [1.54, 1.807) is 6.26 Å². The summed E-state index contributed by atoms with van der Waals surface area (Å²) in [6, 6.07) is 1.30. The van der Waals surface area contributed by atoms with Crippen LogP contribution in [0, 0.1) is 0 Å². The van der Waals surface area contributed by atoms with Crippen LogP contribution in [-0.2, 0) is 10.8 Å². The quantitative estimate of drug-likeness (QED) is 0.706. The van der Waals surface area contributed by atoms with E-state index in [-0.39, 0.29) is 11.0 Å². The number of pyridine rings is 1. The molecule has 1 aromatic heterocycles. The molecule has 0 aliphatic heterocycles. The third kappa shape index (κ3) is 3.98.